The van der Waals surface area contributed by atoms with E-state index in [0.717, 1.165) is 25.7 Å². The molecular weight excluding hydrogens is 448 g/mol. The first-order valence-electron chi connectivity index (χ1n) is 13.1. The molecule has 1 amide bonds. The number of carbonyl (C=O) groups excluding carboxylic acids is 1. The van der Waals surface area contributed by atoms with Crippen LogP contribution in [0.15, 0.2) is 47.6 Å². The SMILES string of the molecule is CC.CC.CC.NN/N=C(\N)CCCCCCN1C(=O)CCC1/C=C/CC(F)(F)c1ccccc1. The van der Waals surface area contributed by atoms with Gasteiger partial charge in [-0.15, -0.1) is 0 Å². The number of hydrogen-bond acceptors (Lipinski definition) is 4. The molecule has 1 saturated heterocycles. The zero-order valence-corrected chi connectivity index (χ0v) is 22.7. The van der Waals surface area contributed by atoms with Crippen molar-refractivity contribution in [1.82, 2.24) is 10.4 Å². The lowest BCUT2D eigenvalue weighted by atomic mass is 10.0. The molecule has 0 spiro atoms. The summed E-state index contributed by atoms with van der Waals surface area (Å²) in [5.41, 5.74) is 7.82. The number of carbonyl (C=O) groups is 1. The number of hydrazone groups is 1. The number of amidine groups is 1. The van der Waals surface area contributed by atoms with E-state index in [0.29, 0.717) is 31.6 Å². The van der Waals surface area contributed by atoms with Gasteiger partial charge in [0.1, 0.15) is 5.84 Å². The highest BCUT2D eigenvalue weighted by Crippen LogP contribution is 2.32. The number of hydrazine groups is 1. The van der Waals surface area contributed by atoms with Crippen LogP contribution in [-0.4, -0.2) is 29.2 Å². The van der Waals surface area contributed by atoms with Gasteiger partial charge in [-0.1, -0.05) is 96.9 Å². The highest BCUT2D eigenvalue weighted by Gasteiger charge is 2.31. The maximum atomic E-state index is 14.3. The molecule has 8 heteroatoms. The van der Waals surface area contributed by atoms with Crippen molar-refractivity contribution in [3.63, 3.8) is 0 Å². The maximum absolute atomic E-state index is 14.3. The van der Waals surface area contributed by atoms with Gasteiger partial charge < -0.3 is 10.6 Å². The molecule has 0 bridgehead atoms. The molecule has 0 aliphatic carbocycles. The van der Waals surface area contributed by atoms with Crippen LogP contribution >= 0.6 is 0 Å². The topological polar surface area (TPSA) is 96.7 Å². The molecule has 1 aromatic rings. The van der Waals surface area contributed by atoms with Gasteiger partial charge in [-0.3, -0.25) is 4.79 Å². The second kappa shape index (κ2) is 22.0. The number of nitrogens with one attached hydrogen (secondary N) is 1. The first kappa shape index (κ1) is 34.7. The van der Waals surface area contributed by atoms with E-state index in [9.17, 15) is 13.6 Å². The zero-order chi connectivity index (χ0) is 27.1. The van der Waals surface area contributed by atoms with E-state index in [4.69, 9.17) is 11.6 Å². The average molecular weight is 498 g/mol. The molecule has 1 atom stereocenters. The Kier molecular flexibility index (Phi) is 21.8. The molecular formula is C27H49F2N5O. The molecule has 6 nitrogen and oxygen atoms in total. The molecule has 1 aromatic carbocycles. The van der Waals surface area contributed by atoms with Crippen molar-refractivity contribution in [2.45, 2.75) is 105 Å². The number of nitrogens with two attached hydrogens (primary N) is 2. The van der Waals surface area contributed by atoms with Crippen molar-refractivity contribution >= 4 is 11.7 Å². The average Bonchev–Trinajstić information content (AvgIpc) is 3.24. The van der Waals surface area contributed by atoms with E-state index in [2.05, 4.69) is 10.6 Å². The summed E-state index contributed by atoms with van der Waals surface area (Å²) in [6.45, 7) is 12.6. The quantitative estimate of drug-likeness (QED) is 0.0769. The first-order chi connectivity index (χ1) is 16.9. The van der Waals surface area contributed by atoms with Crippen molar-refractivity contribution in [3.05, 3.63) is 48.0 Å². The molecule has 1 unspecified atom stereocenters. The summed E-state index contributed by atoms with van der Waals surface area (Å²) in [6.07, 6.45) is 8.47. The fraction of sp³-hybridized carbons (Fsp3) is 0.630. The third-order valence-corrected chi connectivity index (χ3v) is 5.09. The molecule has 1 aliphatic heterocycles. The first-order valence-corrected chi connectivity index (χ1v) is 13.1. The van der Waals surface area contributed by atoms with Crippen molar-refractivity contribution in [2.75, 3.05) is 6.54 Å². The fourth-order valence-corrected chi connectivity index (χ4v) is 3.50. The summed E-state index contributed by atoms with van der Waals surface area (Å²) in [4.78, 5) is 14.0. The van der Waals surface area contributed by atoms with Crippen LogP contribution in [0.2, 0.25) is 0 Å². The number of halogens is 2. The third kappa shape index (κ3) is 14.5. The van der Waals surface area contributed by atoms with E-state index in [1.54, 1.807) is 24.3 Å². The smallest absolute Gasteiger partial charge is 0.276 e. The lowest BCUT2D eigenvalue weighted by molar-refractivity contribution is -0.128. The van der Waals surface area contributed by atoms with Gasteiger partial charge in [0.25, 0.3) is 5.92 Å². The van der Waals surface area contributed by atoms with E-state index >= 15 is 0 Å². The standard InChI is InChI=1S/C21H31F2N5O.3C2H6/c22-21(23,17-9-4-3-5-10-17)15-8-11-18-13-14-20(29)28(18)16-7-2-1-6-12-19(24)26-27-25;3*1-2/h3-5,8-11,18,27H,1-2,6-7,12-16,25H2,(H2,24,26);3*1-2H3/b11-8+;;;. The highest BCUT2D eigenvalue weighted by atomic mass is 19.3. The maximum Gasteiger partial charge on any atom is 0.276 e. The van der Waals surface area contributed by atoms with E-state index < -0.39 is 5.92 Å². The molecule has 2 rings (SSSR count). The zero-order valence-electron chi connectivity index (χ0n) is 22.7. The number of nitrogens with zero attached hydrogens (tertiary/aromatic N) is 2. The highest BCUT2D eigenvalue weighted by molar-refractivity contribution is 5.80. The van der Waals surface area contributed by atoms with Crippen molar-refractivity contribution in [3.8, 4) is 0 Å². The van der Waals surface area contributed by atoms with Crippen LogP contribution in [0.25, 0.3) is 0 Å². The number of hydrogen-bond donors (Lipinski definition) is 3. The summed E-state index contributed by atoms with van der Waals surface area (Å²) in [5.74, 6) is 2.73. The molecule has 202 valence electrons. The lowest BCUT2D eigenvalue weighted by Crippen LogP contribution is -2.32. The van der Waals surface area contributed by atoms with Gasteiger partial charge in [-0.25, -0.2) is 20.2 Å². The van der Waals surface area contributed by atoms with Crippen molar-refractivity contribution in [1.29, 1.82) is 0 Å². The summed E-state index contributed by atoms with van der Waals surface area (Å²) >= 11 is 0. The second-order valence-electron chi connectivity index (χ2n) is 7.29. The Labute approximate surface area is 212 Å². The largest absolute Gasteiger partial charge is 0.386 e. The fourth-order valence-electron chi connectivity index (χ4n) is 3.50. The Bertz CT molecular complexity index is 696. The summed E-state index contributed by atoms with van der Waals surface area (Å²) < 4.78 is 28.5. The predicted octanol–water partition coefficient (Wildman–Crippen LogP) is 6.48. The Balaban J connectivity index is 0. The minimum absolute atomic E-state index is 0.0110. The van der Waals surface area contributed by atoms with Gasteiger partial charge in [-0.2, -0.15) is 5.10 Å². The van der Waals surface area contributed by atoms with Gasteiger partial charge in [0.2, 0.25) is 5.91 Å². The Morgan fingerprint density at radius 1 is 1.09 bits per heavy atom. The van der Waals surface area contributed by atoms with Crippen LogP contribution in [0.3, 0.4) is 0 Å². The summed E-state index contributed by atoms with van der Waals surface area (Å²) in [7, 11) is 0. The van der Waals surface area contributed by atoms with Crippen LogP contribution in [0.5, 0.6) is 0 Å². The number of rotatable bonds is 12. The van der Waals surface area contributed by atoms with E-state index in [1.807, 2.05) is 46.4 Å². The molecule has 1 fully saturated rings. The normalized spacial score (nSPS) is 15.5. The van der Waals surface area contributed by atoms with E-state index in [1.165, 1.54) is 18.2 Å². The minimum Gasteiger partial charge on any atom is -0.386 e. The van der Waals surface area contributed by atoms with Crippen molar-refractivity contribution < 1.29 is 13.6 Å². The van der Waals surface area contributed by atoms with Gasteiger partial charge in [0, 0.05) is 31.4 Å². The molecule has 5 N–H and O–H groups in total. The summed E-state index contributed by atoms with van der Waals surface area (Å²) in [6, 6.07) is 7.72. The van der Waals surface area contributed by atoms with Gasteiger partial charge in [-0.05, 0) is 19.3 Å². The Hall–Kier alpha value is -2.48. The van der Waals surface area contributed by atoms with Gasteiger partial charge in [0.15, 0.2) is 0 Å². The Morgan fingerprint density at radius 2 is 1.69 bits per heavy atom. The second-order valence-corrected chi connectivity index (χ2v) is 7.29. The minimum atomic E-state index is -2.91. The number of likely N-dealkylation sites (tertiary alicyclic amines) is 1. The third-order valence-electron chi connectivity index (χ3n) is 5.09. The molecule has 35 heavy (non-hydrogen) atoms. The number of benzene rings is 1. The summed E-state index contributed by atoms with van der Waals surface area (Å²) in [5, 5.41) is 3.70. The van der Waals surface area contributed by atoms with Gasteiger partial charge >= 0.3 is 0 Å². The van der Waals surface area contributed by atoms with Crippen LogP contribution in [0.1, 0.15) is 98.5 Å². The lowest BCUT2D eigenvalue weighted by Gasteiger charge is -2.22. The monoisotopic (exact) mass is 497 g/mol. The van der Waals surface area contributed by atoms with E-state index in [-0.39, 0.29) is 23.9 Å². The molecule has 0 radical (unpaired) electrons. The molecule has 1 aliphatic rings. The van der Waals surface area contributed by atoms with Crippen LogP contribution in [-0.2, 0) is 10.7 Å². The van der Waals surface area contributed by atoms with Crippen LogP contribution in [0.4, 0.5) is 8.78 Å². The van der Waals surface area contributed by atoms with Crippen LogP contribution < -0.4 is 17.1 Å². The Morgan fingerprint density at radius 3 is 2.29 bits per heavy atom. The van der Waals surface area contributed by atoms with Crippen molar-refractivity contribution in [2.24, 2.45) is 16.7 Å². The number of alkyl halides is 2. The van der Waals surface area contributed by atoms with Crippen LogP contribution in [0, 0.1) is 0 Å². The molecule has 0 aromatic heterocycles. The predicted molar refractivity (Wildman–Crippen MR) is 145 cm³/mol. The molecule has 1 heterocycles. The van der Waals surface area contributed by atoms with Gasteiger partial charge in [0.05, 0.1) is 6.04 Å². The number of amides is 1. The number of unbranched alkanes of at least 4 members (excludes halogenated alkanes) is 3. The number of allylic oxidation sites excluding steroid dienone is 1. The molecule has 0 saturated carbocycles.